The molecule has 0 spiro atoms. The van der Waals surface area contributed by atoms with Crippen molar-refractivity contribution in [1.29, 1.82) is 0 Å². The highest BCUT2D eigenvalue weighted by Gasteiger charge is 2.31. The van der Waals surface area contributed by atoms with Gasteiger partial charge in [0.1, 0.15) is 18.5 Å². The molecule has 1 unspecified atom stereocenters. The van der Waals surface area contributed by atoms with E-state index in [9.17, 15) is 13.9 Å². The number of hydrogen-bond donors (Lipinski definition) is 3. The van der Waals surface area contributed by atoms with Crippen molar-refractivity contribution >= 4 is 16.7 Å². The van der Waals surface area contributed by atoms with Gasteiger partial charge in [-0.3, -0.25) is 0 Å². The molecule has 0 fully saturated rings. The van der Waals surface area contributed by atoms with Crippen LogP contribution < -0.4 is 5.73 Å². The Labute approximate surface area is 108 Å². The summed E-state index contributed by atoms with van der Waals surface area (Å²) in [6.07, 6.45) is -0.997. The van der Waals surface area contributed by atoms with E-state index in [4.69, 9.17) is 10.8 Å². The first-order valence-electron chi connectivity index (χ1n) is 5.76. The molecule has 2 rings (SSSR count). The second-order valence-electron chi connectivity index (χ2n) is 4.49. The number of nitrogen functional groups attached to an aromatic ring is 1. The van der Waals surface area contributed by atoms with Gasteiger partial charge in [-0.25, -0.2) is 13.8 Å². The average Bonchev–Trinajstić information content (AvgIpc) is 2.67. The first-order chi connectivity index (χ1) is 8.84. The van der Waals surface area contributed by atoms with Gasteiger partial charge in [-0.15, -0.1) is 0 Å². The topological polar surface area (TPSA) is 84.3 Å². The third kappa shape index (κ3) is 2.66. The Kier molecular flexibility index (Phi) is 3.42. The number of imidazole rings is 1. The molecule has 0 amide bonds. The summed E-state index contributed by atoms with van der Waals surface area (Å²) in [6.45, 7) is -0.566. The summed E-state index contributed by atoms with van der Waals surface area (Å²) < 4.78 is 27.9. The second-order valence-corrected chi connectivity index (χ2v) is 4.49. The van der Waals surface area contributed by atoms with Crippen LogP contribution in [0.5, 0.6) is 0 Å². The fourth-order valence-electron chi connectivity index (χ4n) is 1.93. The molecule has 0 aliphatic heterocycles. The van der Waals surface area contributed by atoms with E-state index in [1.54, 1.807) is 18.2 Å². The molecule has 0 aliphatic carbocycles. The van der Waals surface area contributed by atoms with Crippen LogP contribution in [0.3, 0.4) is 0 Å². The van der Waals surface area contributed by atoms with Crippen molar-refractivity contribution in [1.82, 2.24) is 9.55 Å². The van der Waals surface area contributed by atoms with E-state index in [0.29, 0.717) is 16.7 Å². The van der Waals surface area contributed by atoms with Crippen molar-refractivity contribution < 1.29 is 19.0 Å². The number of aromatic nitrogens is 2. The lowest BCUT2D eigenvalue weighted by Gasteiger charge is -2.17. The molecule has 5 nitrogen and oxygen atoms in total. The number of halogens is 2. The highest BCUT2D eigenvalue weighted by atomic mass is 19.3. The molecule has 1 aromatic carbocycles. The molecule has 7 heteroatoms. The van der Waals surface area contributed by atoms with Gasteiger partial charge in [-0.05, 0) is 25.1 Å². The summed E-state index contributed by atoms with van der Waals surface area (Å²) in [6, 6.07) is 4.69. The Morgan fingerprint density at radius 2 is 2.16 bits per heavy atom. The summed E-state index contributed by atoms with van der Waals surface area (Å²) in [4.78, 5) is 4.11. The predicted octanol–water partition coefficient (Wildman–Crippen LogP) is 1.30. The Balaban J connectivity index is 2.59. The van der Waals surface area contributed by atoms with Crippen LogP contribution in [0, 0.1) is 0 Å². The van der Waals surface area contributed by atoms with Crippen molar-refractivity contribution in [2.24, 2.45) is 0 Å². The zero-order valence-corrected chi connectivity index (χ0v) is 10.3. The van der Waals surface area contributed by atoms with Crippen LogP contribution in [-0.4, -0.2) is 32.3 Å². The van der Waals surface area contributed by atoms with E-state index in [2.05, 4.69) is 4.98 Å². The number of alkyl halides is 2. The first-order valence-corrected chi connectivity index (χ1v) is 5.76. The predicted molar refractivity (Wildman–Crippen MR) is 66.8 cm³/mol. The van der Waals surface area contributed by atoms with Crippen LogP contribution in [0.25, 0.3) is 11.0 Å². The number of hydrogen-bond acceptors (Lipinski definition) is 4. The Bertz CT molecular complexity index is 596. The molecule has 1 aromatic heterocycles. The molecule has 4 N–H and O–H groups in total. The Hall–Kier alpha value is -1.73. The van der Waals surface area contributed by atoms with Crippen LogP contribution >= 0.6 is 0 Å². The monoisotopic (exact) mass is 271 g/mol. The van der Waals surface area contributed by atoms with Gasteiger partial charge in [0.25, 0.3) is 5.92 Å². The molecule has 0 saturated carbocycles. The average molecular weight is 271 g/mol. The van der Waals surface area contributed by atoms with Crippen LogP contribution in [-0.2, 0) is 6.54 Å². The maximum absolute atomic E-state index is 13.4. The molecule has 2 aromatic rings. The Morgan fingerprint density at radius 3 is 2.74 bits per heavy atom. The molecular formula is C12H15F2N3O2. The van der Waals surface area contributed by atoms with Gasteiger partial charge in [0, 0.05) is 5.69 Å². The van der Waals surface area contributed by atoms with E-state index < -0.39 is 25.2 Å². The zero-order chi connectivity index (χ0) is 14.2. The van der Waals surface area contributed by atoms with Crippen LogP contribution in [0.4, 0.5) is 14.5 Å². The molecule has 0 saturated heterocycles. The summed E-state index contributed by atoms with van der Waals surface area (Å²) in [7, 11) is 0. The molecule has 1 atom stereocenters. The SMILES string of the molecule is CC(O)c1nc2cc(N)ccc2n1CC(F)(F)CO. The normalized spacial score (nSPS) is 13.9. The smallest absolute Gasteiger partial charge is 0.288 e. The molecule has 104 valence electrons. The largest absolute Gasteiger partial charge is 0.399 e. The number of nitrogens with zero attached hydrogens (tertiary/aromatic N) is 2. The van der Waals surface area contributed by atoms with Gasteiger partial charge >= 0.3 is 0 Å². The molecule has 0 bridgehead atoms. The van der Waals surface area contributed by atoms with E-state index in [0.717, 1.165) is 0 Å². The third-order valence-corrected chi connectivity index (χ3v) is 2.80. The summed E-state index contributed by atoms with van der Waals surface area (Å²) in [5.41, 5.74) is 6.95. The Morgan fingerprint density at radius 1 is 1.47 bits per heavy atom. The molecular weight excluding hydrogens is 256 g/mol. The number of aliphatic hydroxyl groups excluding tert-OH is 2. The lowest BCUT2D eigenvalue weighted by atomic mass is 10.2. The number of nitrogens with two attached hydrogens (primary N) is 1. The number of benzene rings is 1. The number of rotatable bonds is 4. The highest BCUT2D eigenvalue weighted by Crippen LogP contribution is 2.26. The van der Waals surface area contributed by atoms with Gasteiger partial charge in [0.05, 0.1) is 17.6 Å². The van der Waals surface area contributed by atoms with Crippen molar-refractivity contribution in [2.75, 3.05) is 12.3 Å². The van der Waals surface area contributed by atoms with Crippen molar-refractivity contribution in [3.8, 4) is 0 Å². The van der Waals surface area contributed by atoms with Crippen LogP contribution in [0.1, 0.15) is 18.9 Å². The minimum atomic E-state index is -3.28. The van der Waals surface area contributed by atoms with Crippen LogP contribution in [0.15, 0.2) is 18.2 Å². The van der Waals surface area contributed by atoms with Gasteiger partial charge in [0.2, 0.25) is 0 Å². The summed E-state index contributed by atoms with van der Waals surface area (Å²) in [5, 5.41) is 18.3. The number of anilines is 1. The van der Waals surface area contributed by atoms with Crippen molar-refractivity contribution in [3.63, 3.8) is 0 Å². The minimum Gasteiger partial charge on any atom is -0.399 e. The van der Waals surface area contributed by atoms with Crippen molar-refractivity contribution in [3.05, 3.63) is 24.0 Å². The van der Waals surface area contributed by atoms with Crippen molar-refractivity contribution in [2.45, 2.75) is 25.5 Å². The molecule has 0 radical (unpaired) electrons. The number of aliphatic hydroxyl groups is 2. The van der Waals surface area contributed by atoms with Crippen LogP contribution in [0.2, 0.25) is 0 Å². The maximum atomic E-state index is 13.4. The minimum absolute atomic E-state index is 0.119. The van der Waals surface area contributed by atoms with E-state index >= 15 is 0 Å². The first kappa shape index (κ1) is 13.7. The maximum Gasteiger partial charge on any atom is 0.288 e. The van der Waals surface area contributed by atoms with Gasteiger partial charge in [0.15, 0.2) is 0 Å². The number of fused-ring (bicyclic) bond motifs is 1. The lowest BCUT2D eigenvalue weighted by molar-refractivity contribution is -0.0633. The lowest BCUT2D eigenvalue weighted by Crippen LogP contribution is -2.29. The van der Waals surface area contributed by atoms with E-state index in [-0.39, 0.29) is 5.82 Å². The fourth-order valence-corrected chi connectivity index (χ4v) is 1.93. The third-order valence-electron chi connectivity index (χ3n) is 2.80. The summed E-state index contributed by atoms with van der Waals surface area (Å²) >= 11 is 0. The summed E-state index contributed by atoms with van der Waals surface area (Å²) in [5.74, 6) is -3.16. The standard InChI is InChI=1S/C12H15F2N3O2/c1-7(19)11-16-9-4-8(15)2-3-10(9)17(11)5-12(13,14)6-18/h2-4,7,18-19H,5-6,15H2,1H3. The molecule has 0 aliphatic rings. The van der Waals surface area contributed by atoms with E-state index in [1.165, 1.54) is 11.5 Å². The second kappa shape index (κ2) is 4.75. The quantitative estimate of drug-likeness (QED) is 0.732. The highest BCUT2D eigenvalue weighted by molar-refractivity contribution is 5.79. The fraction of sp³-hybridized carbons (Fsp3) is 0.417. The van der Waals surface area contributed by atoms with Gasteiger partial charge in [-0.2, -0.15) is 0 Å². The zero-order valence-electron chi connectivity index (χ0n) is 10.3. The van der Waals surface area contributed by atoms with Gasteiger partial charge in [-0.1, -0.05) is 0 Å². The molecule has 19 heavy (non-hydrogen) atoms. The van der Waals surface area contributed by atoms with Gasteiger partial charge < -0.3 is 20.5 Å². The van der Waals surface area contributed by atoms with E-state index in [1.807, 2.05) is 0 Å². The molecule has 1 heterocycles.